The molecule has 0 radical (unpaired) electrons. The Hall–Kier alpha value is -1.58. The van der Waals surface area contributed by atoms with E-state index in [-0.39, 0.29) is 5.25 Å². The van der Waals surface area contributed by atoms with Crippen molar-refractivity contribution in [1.82, 2.24) is 9.55 Å². The van der Waals surface area contributed by atoms with Gasteiger partial charge in [-0.1, -0.05) is 40.9 Å². The van der Waals surface area contributed by atoms with Crippen LogP contribution in [0.5, 0.6) is 0 Å². The van der Waals surface area contributed by atoms with E-state index in [4.69, 9.17) is 50.1 Å². The largest absolute Gasteiger partial charge is 0.336 e. The van der Waals surface area contributed by atoms with Gasteiger partial charge in [0.05, 0.1) is 6.33 Å². The number of halogens is 3. The Morgan fingerprint density at radius 1 is 1.10 bits per heavy atom. The average molecular weight is 521 g/mol. The van der Waals surface area contributed by atoms with Crippen molar-refractivity contribution in [2.75, 3.05) is 11.5 Å². The summed E-state index contributed by atoms with van der Waals surface area (Å²) < 4.78 is 2.09. The van der Waals surface area contributed by atoms with Gasteiger partial charge in [0.15, 0.2) is 0 Å². The minimum atomic E-state index is -1.50. The zero-order valence-electron chi connectivity index (χ0n) is 16.2. The third-order valence-electron chi connectivity index (χ3n) is 3.94. The van der Waals surface area contributed by atoms with Gasteiger partial charge in [-0.05, 0) is 59.9 Å². The van der Waals surface area contributed by atoms with Gasteiger partial charge in [-0.3, -0.25) is 0 Å². The summed E-state index contributed by atoms with van der Waals surface area (Å²) in [5.74, 6) is 2.12. The van der Waals surface area contributed by atoms with Gasteiger partial charge in [0.1, 0.15) is 0 Å². The highest BCUT2D eigenvalue weighted by Crippen LogP contribution is 2.37. The molecule has 1 aromatic heterocycles. The lowest BCUT2D eigenvalue weighted by Gasteiger charge is -2.19. The van der Waals surface area contributed by atoms with Gasteiger partial charge in [-0.2, -0.15) is 11.8 Å². The van der Waals surface area contributed by atoms with Crippen molar-refractivity contribution in [3.05, 3.63) is 91.9 Å². The van der Waals surface area contributed by atoms with Gasteiger partial charge < -0.3 is 9.77 Å². The van der Waals surface area contributed by atoms with Crippen LogP contribution in [-0.2, 0) is 6.54 Å². The molecule has 3 aromatic rings. The first kappa shape index (κ1) is 25.7. The molecule has 0 aliphatic heterocycles. The van der Waals surface area contributed by atoms with Crippen molar-refractivity contribution in [3.63, 3.8) is 0 Å². The van der Waals surface area contributed by atoms with Gasteiger partial charge in [-0.25, -0.2) is 4.98 Å². The molecule has 0 saturated carbocycles. The van der Waals surface area contributed by atoms with E-state index < -0.39 is 5.09 Å². The summed E-state index contributed by atoms with van der Waals surface area (Å²) in [4.78, 5) is 13.8. The molecule has 2 aromatic carbocycles. The van der Waals surface area contributed by atoms with Crippen LogP contribution >= 0.6 is 58.3 Å². The molecule has 6 nitrogen and oxygen atoms in total. The maximum absolute atomic E-state index is 8.36. The summed E-state index contributed by atoms with van der Waals surface area (Å²) in [6, 6.07) is 13.7. The van der Waals surface area contributed by atoms with Gasteiger partial charge in [0.25, 0.3) is 5.09 Å². The molecule has 1 unspecified atom stereocenters. The molecule has 3 rings (SSSR count). The van der Waals surface area contributed by atoms with Crippen LogP contribution in [0.4, 0.5) is 0 Å². The van der Waals surface area contributed by atoms with Crippen molar-refractivity contribution in [2.45, 2.75) is 23.1 Å². The van der Waals surface area contributed by atoms with Crippen LogP contribution in [0, 0.1) is 10.1 Å². The maximum atomic E-state index is 8.36. The number of aromatic nitrogens is 2. The molecule has 1 heterocycles. The monoisotopic (exact) mass is 519 g/mol. The van der Waals surface area contributed by atoms with Crippen LogP contribution in [0.15, 0.2) is 66.1 Å². The van der Waals surface area contributed by atoms with E-state index in [0.29, 0.717) is 5.02 Å². The van der Waals surface area contributed by atoms with Crippen LogP contribution in [0.1, 0.15) is 17.2 Å². The fourth-order valence-electron chi connectivity index (χ4n) is 2.60. The first-order valence-corrected chi connectivity index (χ1v) is 12.3. The lowest BCUT2D eigenvalue weighted by molar-refractivity contribution is -0.742. The summed E-state index contributed by atoms with van der Waals surface area (Å²) in [5.41, 5.74) is 1.12. The first-order chi connectivity index (χ1) is 14.8. The number of thioether (sulfide) groups is 2. The number of benzene rings is 2. The molecule has 1 atom stereocenters. The predicted octanol–water partition coefficient (Wildman–Crippen LogP) is 7.15. The molecule has 0 aliphatic rings. The van der Waals surface area contributed by atoms with Crippen molar-refractivity contribution >= 4 is 58.3 Å². The number of rotatable bonds is 9. The summed E-state index contributed by atoms with van der Waals surface area (Å²) in [5, 5.41) is 16.0. The molecular formula is C20H20Cl3N3O3S2. The Bertz CT molecular complexity index is 941. The second-order valence-corrected chi connectivity index (χ2v) is 9.94. The summed E-state index contributed by atoms with van der Waals surface area (Å²) >= 11 is 22.2. The molecule has 0 bridgehead atoms. The Morgan fingerprint density at radius 2 is 1.77 bits per heavy atom. The second kappa shape index (κ2) is 13.8. The van der Waals surface area contributed by atoms with Gasteiger partial charge in [0.2, 0.25) is 0 Å². The Morgan fingerprint density at radius 3 is 2.39 bits per heavy atom. The van der Waals surface area contributed by atoms with Gasteiger partial charge in [0, 0.05) is 44.2 Å². The van der Waals surface area contributed by atoms with Crippen LogP contribution in [0.3, 0.4) is 0 Å². The van der Waals surface area contributed by atoms with Crippen LogP contribution in [0.2, 0.25) is 15.1 Å². The molecule has 11 heteroatoms. The quantitative estimate of drug-likeness (QED) is 0.140. The fraction of sp³-hybridized carbons (Fsp3) is 0.250. The molecule has 0 spiro atoms. The second-order valence-electron chi connectivity index (χ2n) is 6.18. The highest BCUT2D eigenvalue weighted by atomic mass is 35.5. The van der Waals surface area contributed by atoms with Crippen molar-refractivity contribution < 1.29 is 10.3 Å². The molecule has 0 amide bonds. The fourth-order valence-corrected chi connectivity index (χ4v) is 5.62. The summed E-state index contributed by atoms with van der Waals surface area (Å²) in [7, 11) is 0. The van der Waals surface area contributed by atoms with E-state index >= 15 is 0 Å². The minimum absolute atomic E-state index is 0.254. The molecule has 0 fully saturated rings. The van der Waals surface area contributed by atoms with E-state index in [2.05, 4.69) is 21.7 Å². The van der Waals surface area contributed by atoms with Crippen molar-refractivity contribution in [1.29, 1.82) is 0 Å². The number of nitrogens with zero attached hydrogens (tertiary/aromatic N) is 3. The summed E-state index contributed by atoms with van der Waals surface area (Å²) in [6.45, 7) is 0.830. The number of hydrogen-bond donors (Lipinski definition) is 1. The average Bonchev–Trinajstić information content (AvgIpc) is 3.21. The van der Waals surface area contributed by atoms with Crippen LogP contribution in [-0.4, -0.2) is 31.4 Å². The Labute approximate surface area is 204 Å². The highest BCUT2D eigenvalue weighted by molar-refractivity contribution is 8.00. The Kier molecular flexibility index (Phi) is 11.4. The Balaban J connectivity index is 0.000000785. The SMILES string of the molecule is Clc1ccc(SCCCSC(Cn2ccnc2)c2ccc(Cl)cc2Cl)cc1.O=[N+]([O-])O. The van der Waals surface area contributed by atoms with Crippen molar-refractivity contribution in [3.8, 4) is 0 Å². The molecular weight excluding hydrogens is 501 g/mol. The minimum Gasteiger partial charge on any atom is -0.336 e. The van der Waals surface area contributed by atoms with Crippen molar-refractivity contribution in [2.24, 2.45) is 0 Å². The smallest absolute Gasteiger partial charge is 0.291 e. The van der Waals surface area contributed by atoms with Gasteiger partial charge in [-0.15, -0.1) is 21.9 Å². The predicted molar refractivity (Wildman–Crippen MR) is 129 cm³/mol. The standard InChI is InChI=1S/C20H19Cl3N2S2.HNO3/c21-15-2-5-17(6-3-15)26-10-1-11-27-20(13-25-9-8-24-14-25)18-7-4-16(22)12-19(18)23;2-1(3)4/h2-9,12,14,20H,1,10-11,13H2;(H,2,3,4). The summed E-state index contributed by atoms with van der Waals surface area (Å²) in [6.07, 6.45) is 6.74. The molecule has 1 N–H and O–H groups in total. The van der Waals surface area contributed by atoms with E-state index in [0.717, 1.165) is 40.1 Å². The lowest BCUT2D eigenvalue weighted by atomic mass is 10.1. The first-order valence-electron chi connectivity index (χ1n) is 9.09. The highest BCUT2D eigenvalue weighted by Gasteiger charge is 2.16. The molecule has 0 aliphatic carbocycles. The number of imidazole rings is 1. The zero-order valence-corrected chi connectivity index (χ0v) is 20.1. The maximum Gasteiger partial charge on any atom is 0.291 e. The van der Waals surface area contributed by atoms with E-state index in [1.165, 1.54) is 4.90 Å². The number of hydrogen-bond acceptors (Lipinski definition) is 5. The molecule has 31 heavy (non-hydrogen) atoms. The molecule has 0 saturated heterocycles. The van der Waals surface area contributed by atoms with E-state index in [9.17, 15) is 0 Å². The third-order valence-corrected chi connectivity index (χ3v) is 7.18. The van der Waals surface area contributed by atoms with Gasteiger partial charge >= 0.3 is 0 Å². The zero-order chi connectivity index (χ0) is 22.6. The van der Waals surface area contributed by atoms with Crippen LogP contribution in [0.25, 0.3) is 0 Å². The lowest BCUT2D eigenvalue weighted by Crippen LogP contribution is -2.06. The topological polar surface area (TPSA) is 81.2 Å². The molecule has 166 valence electrons. The van der Waals surface area contributed by atoms with Crippen LogP contribution < -0.4 is 0 Å². The third kappa shape index (κ3) is 10.1. The normalized spacial score (nSPS) is 11.5. The van der Waals surface area contributed by atoms with E-state index in [1.54, 1.807) is 6.20 Å². The van der Waals surface area contributed by atoms with E-state index in [1.807, 2.05) is 66.4 Å².